The first-order valence-electron chi connectivity index (χ1n) is 4.41. The Hall–Kier alpha value is -1.44. The van der Waals surface area contributed by atoms with Gasteiger partial charge in [-0.1, -0.05) is 6.07 Å². The summed E-state index contributed by atoms with van der Waals surface area (Å²) in [6, 6.07) is 5.73. The number of hydrogen-bond donors (Lipinski definition) is 1. The molecule has 0 fully saturated rings. The molecule has 0 unspecified atom stereocenters. The van der Waals surface area contributed by atoms with Crippen LogP contribution in [-0.2, 0) is 6.54 Å². The van der Waals surface area contributed by atoms with Crippen molar-refractivity contribution in [2.45, 2.75) is 6.54 Å². The molecular weight excluding hydrogens is 178 g/mol. The minimum Gasteiger partial charge on any atom is -0.395 e. The first-order valence-corrected chi connectivity index (χ1v) is 4.41. The quantitative estimate of drug-likeness (QED) is 0.747. The highest BCUT2D eigenvalue weighted by Crippen LogP contribution is 2.06. The second kappa shape index (κ2) is 5.32. The monoisotopic (exact) mass is 191 g/mol. The molecular formula is C10H13N3O. The van der Waals surface area contributed by atoms with Gasteiger partial charge in [-0.25, -0.2) is 4.98 Å². The van der Waals surface area contributed by atoms with Gasteiger partial charge in [-0.3, -0.25) is 4.90 Å². The van der Waals surface area contributed by atoms with Crippen LogP contribution in [0.2, 0.25) is 0 Å². The van der Waals surface area contributed by atoms with Gasteiger partial charge in [-0.15, -0.1) is 0 Å². The Labute approximate surface area is 83.4 Å². The smallest absolute Gasteiger partial charge is 0.144 e. The number of aromatic nitrogens is 1. The standard InChI is InChI=1S/C10H13N3O/c1-13(5-6-14)8-9-3-2-4-12-10(9)7-11/h2-4,14H,5-6,8H2,1H3. The van der Waals surface area contributed by atoms with Gasteiger partial charge in [-0.2, -0.15) is 5.26 Å². The fourth-order valence-corrected chi connectivity index (χ4v) is 1.21. The second-order valence-electron chi connectivity index (χ2n) is 3.08. The molecule has 4 nitrogen and oxygen atoms in total. The van der Waals surface area contributed by atoms with E-state index < -0.39 is 0 Å². The number of aliphatic hydroxyl groups is 1. The molecule has 14 heavy (non-hydrogen) atoms. The molecule has 0 aliphatic carbocycles. The van der Waals surface area contributed by atoms with Crippen molar-refractivity contribution in [3.63, 3.8) is 0 Å². The molecule has 1 N–H and O–H groups in total. The fourth-order valence-electron chi connectivity index (χ4n) is 1.21. The van der Waals surface area contributed by atoms with Crippen LogP contribution in [0.5, 0.6) is 0 Å². The molecule has 0 radical (unpaired) electrons. The third-order valence-corrected chi connectivity index (χ3v) is 1.92. The molecule has 0 atom stereocenters. The number of likely N-dealkylation sites (N-methyl/N-ethyl adjacent to an activating group) is 1. The summed E-state index contributed by atoms with van der Waals surface area (Å²) < 4.78 is 0. The van der Waals surface area contributed by atoms with Crippen molar-refractivity contribution in [1.82, 2.24) is 9.88 Å². The van der Waals surface area contributed by atoms with Crippen LogP contribution in [-0.4, -0.2) is 35.2 Å². The number of aliphatic hydroxyl groups excluding tert-OH is 1. The van der Waals surface area contributed by atoms with Crippen molar-refractivity contribution >= 4 is 0 Å². The van der Waals surface area contributed by atoms with E-state index in [0.29, 0.717) is 18.8 Å². The molecule has 0 amide bonds. The molecule has 74 valence electrons. The summed E-state index contributed by atoms with van der Waals surface area (Å²) in [4.78, 5) is 5.90. The number of pyridine rings is 1. The molecule has 1 heterocycles. The summed E-state index contributed by atoms with van der Waals surface area (Å²) in [7, 11) is 1.89. The van der Waals surface area contributed by atoms with Crippen LogP contribution in [0, 0.1) is 11.3 Å². The Morgan fingerprint density at radius 3 is 3.07 bits per heavy atom. The van der Waals surface area contributed by atoms with E-state index in [1.807, 2.05) is 30.1 Å². The van der Waals surface area contributed by atoms with E-state index in [9.17, 15) is 0 Å². The molecule has 0 aromatic carbocycles. The highest BCUT2D eigenvalue weighted by molar-refractivity contribution is 5.30. The van der Waals surface area contributed by atoms with Crippen molar-refractivity contribution in [2.24, 2.45) is 0 Å². The zero-order valence-corrected chi connectivity index (χ0v) is 8.14. The maximum Gasteiger partial charge on any atom is 0.144 e. The van der Waals surface area contributed by atoms with Crippen molar-refractivity contribution in [2.75, 3.05) is 20.2 Å². The minimum absolute atomic E-state index is 0.124. The lowest BCUT2D eigenvalue weighted by atomic mass is 10.2. The SMILES string of the molecule is CN(CCO)Cc1cccnc1C#N. The minimum atomic E-state index is 0.124. The van der Waals surface area contributed by atoms with E-state index in [0.717, 1.165) is 5.56 Å². The number of rotatable bonds is 4. The first-order chi connectivity index (χ1) is 6.77. The van der Waals surface area contributed by atoms with Crippen molar-refractivity contribution in [3.05, 3.63) is 29.6 Å². The van der Waals surface area contributed by atoms with Crippen LogP contribution >= 0.6 is 0 Å². The van der Waals surface area contributed by atoms with E-state index in [4.69, 9.17) is 10.4 Å². The van der Waals surface area contributed by atoms with E-state index in [2.05, 4.69) is 4.98 Å². The van der Waals surface area contributed by atoms with Gasteiger partial charge in [0.1, 0.15) is 11.8 Å². The summed E-state index contributed by atoms with van der Waals surface area (Å²) in [6.45, 7) is 1.36. The summed E-state index contributed by atoms with van der Waals surface area (Å²) >= 11 is 0. The topological polar surface area (TPSA) is 60.1 Å². The Bertz CT molecular complexity index is 332. The molecule has 1 aromatic rings. The first kappa shape index (κ1) is 10.6. The Morgan fingerprint density at radius 1 is 1.64 bits per heavy atom. The predicted octanol–water partition coefficient (Wildman–Crippen LogP) is 0.377. The van der Waals surface area contributed by atoms with Gasteiger partial charge < -0.3 is 5.11 Å². The second-order valence-corrected chi connectivity index (χ2v) is 3.08. The highest BCUT2D eigenvalue weighted by atomic mass is 16.3. The van der Waals surface area contributed by atoms with Crippen molar-refractivity contribution in [1.29, 1.82) is 5.26 Å². The third kappa shape index (κ3) is 2.80. The molecule has 0 aliphatic heterocycles. The van der Waals surface area contributed by atoms with Gasteiger partial charge in [0, 0.05) is 24.8 Å². The average Bonchev–Trinajstić information content (AvgIpc) is 2.19. The third-order valence-electron chi connectivity index (χ3n) is 1.92. The Morgan fingerprint density at radius 2 is 2.43 bits per heavy atom. The molecule has 0 saturated heterocycles. The molecule has 0 saturated carbocycles. The van der Waals surface area contributed by atoms with E-state index in [1.165, 1.54) is 0 Å². The fraction of sp³-hybridized carbons (Fsp3) is 0.400. The van der Waals surface area contributed by atoms with Crippen LogP contribution in [0.25, 0.3) is 0 Å². The lowest BCUT2D eigenvalue weighted by molar-refractivity contribution is 0.217. The van der Waals surface area contributed by atoms with Crippen LogP contribution in [0.4, 0.5) is 0 Å². The Kier molecular flexibility index (Phi) is 4.05. The number of nitriles is 1. The summed E-state index contributed by atoms with van der Waals surface area (Å²) in [6.07, 6.45) is 1.61. The van der Waals surface area contributed by atoms with Gasteiger partial charge >= 0.3 is 0 Å². The normalized spacial score (nSPS) is 10.1. The maximum absolute atomic E-state index is 8.78. The van der Waals surface area contributed by atoms with Crippen LogP contribution in [0.1, 0.15) is 11.3 Å². The molecule has 0 spiro atoms. The largest absolute Gasteiger partial charge is 0.395 e. The predicted molar refractivity (Wildman–Crippen MR) is 52.4 cm³/mol. The maximum atomic E-state index is 8.78. The van der Waals surface area contributed by atoms with E-state index >= 15 is 0 Å². The van der Waals surface area contributed by atoms with Gasteiger partial charge in [0.2, 0.25) is 0 Å². The van der Waals surface area contributed by atoms with E-state index in [-0.39, 0.29) is 6.61 Å². The zero-order valence-electron chi connectivity index (χ0n) is 8.14. The van der Waals surface area contributed by atoms with Crippen molar-refractivity contribution in [3.8, 4) is 6.07 Å². The molecule has 0 aliphatic rings. The van der Waals surface area contributed by atoms with Crippen molar-refractivity contribution < 1.29 is 5.11 Å². The van der Waals surface area contributed by atoms with Crippen LogP contribution in [0.15, 0.2) is 18.3 Å². The van der Waals surface area contributed by atoms with Gasteiger partial charge in [0.25, 0.3) is 0 Å². The lowest BCUT2D eigenvalue weighted by Crippen LogP contribution is -2.22. The highest BCUT2D eigenvalue weighted by Gasteiger charge is 2.04. The van der Waals surface area contributed by atoms with Gasteiger partial charge in [0.15, 0.2) is 0 Å². The number of nitrogens with zero attached hydrogens (tertiary/aromatic N) is 3. The van der Waals surface area contributed by atoms with Gasteiger partial charge in [0.05, 0.1) is 6.61 Å². The number of hydrogen-bond acceptors (Lipinski definition) is 4. The lowest BCUT2D eigenvalue weighted by Gasteiger charge is -2.15. The zero-order chi connectivity index (χ0) is 10.4. The summed E-state index contributed by atoms with van der Waals surface area (Å²) in [5.41, 5.74) is 1.35. The average molecular weight is 191 g/mol. The summed E-state index contributed by atoms with van der Waals surface area (Å²) in [5, 5.41) is 17.5. The van der Waals surface area contributed by atoms with Crippen LogP contribution in [0.3, 0.4) is 0 Å². The van der Waals surface area contributed by atoms with Gasteiger partial charge in [-0.05, 0) is 13.1 Å². The molecule has 1 aromatic heterocycles. The molecule has 4 heteroatoms. The van der Waals surface area contributed by atoms with E-state index in [1.54, 1.807) is 6.20 Å². The molecule has 1 rings (SSSR count). The molecule has 0 bridgehead atoms. The van der Waals surface area contributed by atoms with Crippen LogP contribution < -0.4 is 0 Å². The summed E-state index contributed by atoms with van der Waals surface area (Å²) in [5.74, 6) is 0. The Balaban J connectivity index is 2.71.